The molecule has 0 aliphatic rings. The molecule has 0 aromatic heterocycles. The number of nitrogens with one attached hydrogen (secondary N) is 1. The van der Waals surface area contributed by atoms with Crippen LogP contribution in [0.25, 0.3) is 0 Å². The fourth-order valence-corrected chi connectivity index (χ4v) is 2.64. The van der Waals surface area contributed by atoms with Crippen LogP contribution in [0.2, 0.25) is 5.02 Å². The van der Waals surface area contributed by atoms with Gasteiger partial charge in [0.2, 0.25) is 0 Å². The molecule has 0 aliphatic carbocycles. The Hall–Kier alpha value is -0.870. The number of hydrazine groups is 1. The maximum absolute atomic E-state index is 6.05. The average molecular weight is 340 g/mol. The Morgan fingerprint density at radius 1 is 1.11 bits per heavy atom. The third kappa shape index (κ3) is 3.18. The number of halogens is 2. The van der Waals surface area contributed by atoms with E-state index in [1.54, 1.807) is 0 Å². The fraction of sp³-hybridized carbons (Fsp3) is 0.200. The van der Waals surface area contributed by atoms with E-state index < -0.39 is 0 Å². The van der Waals surface area contributed by atoms with Gasteiger partial charge in [-0.15, -0.1) is 0 Å². The van der Waals surface area contributed by atoms with Gasteiger partial charge < -0.3 is 0 Å². The molecule has 0 aliphatic heterocycles. The highest BCUT2D eigenvalue weighted by Gasteiger charge is 2.14. The molecule has 4 heteroatoms. The van der Waals surface area contributed by atoms with Crippen molar-refractivity contribution in [1.82, 2.24) is 5.43 Å². The molecule has 0 radical (unpaired) electrons. The zero-order valence-corrected chi connectivity index (χ0v) is 13.2. The largest absolute Gasteiger partial charge is 0.271 e. The summed E-state index contributed by atoms with van der Waals surface area (Å²) in [6.45, 7) is 4.15. The minimum absolute atomic E-state index is 0.0656. The van der Waals surface area contributed by atoms with E-state index in [-0.39, 0.29) is 6.04 Å². The molecule has 0 heterocycles. The summed E-state index contributed by atoms with van der Waals surface area (Å²) in [6.07, 6.45) is 0. The quantitative estimate of drug-likeness (QED) is 0.647. The minimum Gasteiger partial charge on any atom is -0.271 e. The summed E-state index contributed by atoms with van der Waals surface area (Å²) < 4.78 is 1.14. The van der Waals surface area contributed by atoms with Gasteiger partial charge in [-0.05, 0) is 48.2 Å². The SMILES string of the molecule is Cc1cc(C(NN)c2cccc(Cl)c2)cc(C)c1Br. The minimum atomic E-state index is -0.0656. The summed E-state index contributed by atoms with van der Waals surface area (Å²) in [5.74, 6) is 5.72. The Morgan fingerprint density at radius 2 is 1.74 bits per heavy atom. The molecule has 0 bridgehead atoms. The lowest BCUT2D eigenvalue weighted by Crippen LogP contribution is -2.29. The highest BCUT2D eigenvalue weighted by Crippen LogP contribution is 2.29. The standard InChI is InChI=1S/C15H16BrClN2/c1-9-6-12(7-10(2)14(9)16)15(19-18)11-4-3-5-13(17)8-11/h3-8,15,19H,18H2,1-2H3. The van der Waals surface area contributed by atoms with E-state index in [0.717, 1.165) is 15.6 Å². The van der Waals surface area contributed by atoms with Crippen LogP contribution in [0, 0.1) is 13.8 Å². The molecular weight excluding hydrogens is 324 g/mol. The Balaban J connectivity index is 2.48. The third-order valence-corrected chi connectivity index (χ3v) is 4.63. The van der Waals surface area contributed by atoms with E-state index in [1.165, 1.54) is 11.1 Å². The lowest BCUT2D eigenvalue weighted by atomic mass is 9.96. The number of benzene rings is 2. The van der Waals surface area contributed by atoms with Crippen molar-refractivity contribution in [3.63, 3.8) is 0 Å². The molecule has 19 heavy (non-hydrogen) atoms. The molecule has 1 unspecified atom stereocenters. The zero-order chi connectivity index (χ0) is 14.0. The number of aryl methyl sites for hydroxylation is 2. The van der Waals surface area contributed by atoms with Crippen molar-refractivity contribution in [3.05, 3.63) is 68.1 Å². The van der Waals surface area contributed by atoms with Gasteiger partial charge in [0.1, 0.15) is 0 Å². The molecule has 1 atom stereocenters. The smallest absolute Gasteiger partial charge is 0.0710 e. The first kappa shape index (κ1) is 14.5. The Bertz CT molecular complexity index is 575. The summed E-state index contributed by atoms with van der Waals surface area (Å²) in [7, 11) is 0. The van der Waals surface area contributed by atoms with Crippen LogP contribution in [0.1, 0.15) is 28.3 Å². The van der Waals surface area contributed by atoms with Crippen molar-refractivity contribution in [2.75, 3.05) is 0 Å². The lowest BCUT2D eigenvalue weighted by molar-refractivity contribution is 0.636. The van der Waals surface area contributed by atoms with Crippen molar-refractivity contribution < 1.29 is 0 Å². The average Bonchev–Trinajstić information content (AvgIpc) is 2.37. The summed E-state index contributed by atoms with van der Waals surface area (Å²) in [6, 6.07) is 11.9. The van der Waals surface area contributed by atoms with Gasteiger partial charge in [-0.3, -0.25) is 5.84 Å². The predicted octanol–water partition coefficient (Wildman–Crippen LogP) is 4.27. The topological polar surface area (TPSA) is 38.0 Å². The van der Waals surface area contributed by atoms with E-state index in [4.69, 9.17) is 17.4 Å². The van der Waals surface area contributed by atoms with E-state index in [0.29, 0.717) is 5.02 Å². The summed E-state index contributed by atoms with van der Waals surface area (Å²) in [5, 5.41) is 0.711. The van der Waals surface area contributed by atoms with E-state index in [9.17, 15) is 0 Å². The Kier molecular flexibility index (Phi) is 4.63. The van der Waals surface area contributed by atoms with Gasteiger partial charge in [-0.25, -0.2) is 5.43 Å². The Labute approximate surface area is 127 Å². The van der Waals surface area contributed by atoms with Crippen LogP contribution >= 0.6 is 27.5 Å². The molecule has 0 spiro atoms. The second-order valence-electron chi connectivity index (χ2n) is 4.62. The molecule has 0 amide bonds. The van der Waals surface area contributed by atoms with Crippen LogP contribution in [0.15, 0.2) is 40.9 Å². The van der Waals surface area contributed by atoms with E-state index in [1.807, 2.05) is 24.3 Å². The molecule has 0 saturated carbocycles. The van der Waals surface area contributed by atoms with E-state index >= 15 is 0 Å². The summed E-state index contributed by atoms with van der Waals surface area (Å²) in [4.78, 5) is 0. The van der Waals surface area contributed by atoms with Gasteiger partial charge >= 0.3 is 0 Å². The first-order chi connectivity index (χ1) is 9.02. The molecule has 100 valence electrons. The normalized spacial score (nSPS) is 12.5. The first-order valence-electron chi connectivity index (χ1n) is 6.01. The van der Waals surface area contributed by atoms with Gasteiger partial charge in [0.25, 0.3) is 0 Å². The highest BCUT2D eigenvalue weighted by atomic mass is 79.9. The molecule has 0 saturated heterocycles. The number of hydrogen-bond acceptors (Lipinski definition) is 2. The number of rotatable bonds is 3. The van der Waals surface area contributed by atoms with E-state index in [2.05, 4.69) is 47.3 Å². The highest BCUT2D eigenvalue weighted by molar-refractivity contribution is 9.10. The lowest BCUT2D eigenvalue weighted by Gasteiger charge is -2.19. The molecule has 2 aromatic carbocycles. The molecule has 3 N–H and O–H groups in total. The van der Waals surface area contributed by atoms with Crippen molar-refractivity contribution in [1.29, 1.82) is 0 Å². The summed E-state index contributed by atoms with van der Waals surface area (Å²) >= 11 is 9.62. The number of hydrogen-bond donors (Lipinski definition) is 2. The van der Waals surface area contributed by atoms with Crippen LogP contribution in [0.5, 0.6) is 0 Å². The van der Waals surface area contributed by atoms with Crippen LogP contribution in [0.3, 0.4) is 0 Å². The van der Waals surface area contributed by atoms with Crippen molar-refractivity contribution in [2.24, 2.45) is 5.84 Å². The van der Waals surface area contributed by atoms with Crippen LogP contribution in [0.4, 0.5) is 0 Å². The van der Waals surface area contributed by atoms with Gasteiger partial charge in [-0.1, -0.05) is 51.8 Å². The van der Waals surface area contributed by atoms with Crippen molar-refractivity contribution >= 4 is 27.5 Å². The predicted molar refractivity (Wildman–Crippen MR) is 84.2 cm³/mol. The third-order valence-electron chi connectivity index (χ3n) is 3.14. The van der Waals surface area contributed by atoms with Gasteiger partial charge in [-0.2, -0.15) is 0 Å². The van der Waals surface area contributed by atoms with Gasteiger partial charge in [0.05, 0.1) is 6.04 Å². The molecule has 2 nitrogen and oxygen atoms in total. The van der Waals surface area contributed by atoms with Crippen molar-refractivity contribution in [3.8, 4) is 0 Å². The van der Waals surface area contributed by atoms with Crippen LogP contribution < -0.4 is 11.3 Å². The molecular formula is C15H16BrClN2. The number of nitrogens with two attached hydrogens (primary N) is 1. The summed E-state index contributed by atoms with van der Waals surface area (Å²) in [5.41, 5.74) is 7.43. The maximum Gasteiger partial charge on any atom is 0.0710 e. The monoisotopic (exact) mass is 338 g/mol. The second kappa shape index (κ2) is 6.06. The van der Waals surface area contributed by atoms with Crippen LogP contribution in [-0.4, -0.2) is 0 Å². The molecule has 0 fully saturated rings. The molecule has 2 aromatic rings. The maximum atomic E-state index is 6.05. The molecule has 2 rings (SSSR count). The first-order valence-corrected chi connectivity index (χ1v) is 7.18. The Morgan fingerprint density at radius 3 is 2.26 bits per heavy atom. The van der Waals surface area contributed by atoms with Crippen molar-refractivity contribution in [2.45, 2.75) is 19.9 Å². The second-order valence-corrected chi connectivity index (χ2v) is 5.85. The zero-order valence-electron chi connectivity index (χ0n) is 10.9. The fourth-order valence-electron chi connectivity index (χ4n) is 2.22. The van der Waals surface area contributed by atoms with Gasteiger partial charge in [0.15, 0.2) is 0 Å². The van der Waals surface area contributed by atoms with Crippen LogP contribution in [-0.2, 0) is 0 Å². The van der Waals surface area contributed by atoms with Gasteiger partial charge in [0, 0.05) is 9.50 Å².